The van der Waals surface area contributed by atoms with Gasteiger partial charge in [-0.05, 0) is 84.8 Å². The monoisotopic (exact) mass is 778 g/mol. The van der Waals surface area contributed by atoms with E-state index in [-0.39, 0.29) is 16.6 Å². The van der Waals surface area contributed by atoms with Gasteiger partial charge in [0, 0.05) is 27.1 Å². The Kier molecular flexibility index (Phi) is 12.6. The quantitative estimate of drug-likeness (QED) is 0.0796. The summed E-state index contributed by atoms with van der Waals surface area (Å²) in [7, 11) is 0. The van der Waals surface area contributed by atoms with Gasteiger partial charge in [-0.25, -0.2) is 4.98 Å². The van der Waals surface area contributed by atoms with Crippen LogP contribution in [0.3, 0.4) is 0 Å². The van der Waals surface area contributed by atoms with Crippen LogP contribution in [0.4, 0.5) is 10.8 Å². The number of nitrogens with one attached hydrogen (secondary N) is 3. The summed E-state index contributed by atoms with van der Waals surface area (Å²) in [6, 6.07) is 37.8. The number of ether oxygens (including phenoxy) is 1. The molecule has 3 amide bonds. The molecule has 6 rings (SSSR count). The van der Waals surface area contributed by atoms with Crippen molar-refractivity contribution in [3.8, 4) is 17.0 Å². The zero-order valence-corrected chi connectivity index (χ0v) is 31.4. The van der Waals surface area contributed by atoms with E-state index >= 15 is 0 Å². The van der Waals surface area contributed by atoms with E-state index in [4.69, 9.17) is 27.9 Å². The standard InChI is InChI=1S/C41H32Cl2N4O4S2/c1-2-51-31-21-19-26(20-22-31)35-25-52-41(46-35)47-40(50)37(27-11-5-3-6-12-27)53-32-17-10-16-30(24-32)44-39(49)34(23-29-15-9-18-33(42)36(29)43)45-38(48)28-13-7-4-8-14-28/h3-25,37H,2H2,1H3,(H,44,49)(H,45,48)(H,46,47,50)/b34-23+. The minimum atomic E-state index is -0.648. The minimum Gasteiger partial charge on any atom is -0.494 e. The molecule has 8 nitrogen and oxygen atoms in total. The van der Waals surface area contributed by atoms with Gasteiger partial charge in [0.15, 0.2) is 5.13 Å². The van der Waals surface area contributed by atoms with Crippen molar-refractivity contribution in [1.82, 2.24) is 10.3 Å². The highest BCUT2D eigenvalue weighted by Gasteiger charge is 2.24. The van der Waals surface area contributed by atoms with Gasteiger partial charge in [0.2, 0.25) is 5.91 Å². The first-order chi connectivity index (χ1) is 25.8. The number of thiazole rings is 1. The molecule has 12 heteroatoms. The Hall–Kier alpha value is -5.39. The Labute approximate surface area is 325 Å². The predicted octanol–water partition coefficient (Wildman–Crippen LogP) is 10.4. The summed E-state index contributed by atoms with van der Waals surface area (Å²) >= 11 is 15.3. The average molecular weight is 780 g/mol. The number of anilines is 2. The Balaban J connectivity index is 1.21. The second-order valence-electron chi connectivity index (χ2n) is 11.4. The molecule has 1 heterocycles. The van der Waals surface area contributed by atoms with Crippen molar-refractivity contribution in [2.75, 3.05) is 17.2 Å². The fourth-order valence-electron chi connectivity index (χ4n) is 5.14. The van der Waals surface area contributed by atoms with Crippen LogP contribution in [0.25, 0.3) is 17.3 Å². The summed E-state index contributed by atoms with van der Waals surface area (Å²) < 4.78 is 5.54. The van der Waals surface area contributed by atoms with E-state index in [0.717, 1.165) is 27.5 Å². The highest BCUT2D eigenvalue weighted by atomic mass is 35.5. The minimum absolute atomic E-state index is 0.0457. The second kappa shape index (κ2) is 17.9. The van der Waals surface area contributed by atoms with Gasteiger partial charge in [-0.15, -0.1) is 23.1 Å². The highest BCUT2D eigenvalue weighted by molar-refractivity contribution is 8.00. The SMILES string of the molecule is CCOc1ccc(-c2csc(NC(=O)C(Sc3cccc(NC(=O)/C(=C\c4cccc(Cl)c4Cl)NC(=O)c4ccccc4)c3)c3ccccc3)n2)cc1. The number of benzene rings is 5. The number of amides is 3. The smallest absolute Gasteiger partial charge is 0.272 e. The molecule has 0 aliphatic heterocycles. The maximum Gasteiger partial charge on any atom is 0.272 e. The molecule has 1 aromatic heterocycles. The first kappa shape index (κ1) is 37.4. The van der Waals surface area contributed by atoms with Crippen LogP contribution in [0.2, 0.25) is 10.0 Å². The van der Waals surface area contributed by atoms with Crippen molar-refractivity contribution in [3.63, 3.8) is 0 Å². The largest absolute Gasteiger partial charge is 0.494 e. The van der Waals surface area contributed by atoms with Gasteiger partial charge < -0.3 is 20.7 Å². The second-order valence-corrected chi connectivity index (χ2v) is 14.2. The van der Waals surface area contributed by atoms with Crippen LogP contribution in [-0.4, -0.2) is 29.3 Å². The van der Waals surface area contributed by atoms with Crippen molar-refractivity contribution < 1.29 is 19.1 Å². The number of rotatable bonds is 13. The van der Waals surface area contributed by atoms with Crippen LogP contribution >= 0.6 is 46.3 Å². The van der Waals surface area contributed by atoms with Crippen molar-refractivity contribution in [3.05, 3.63) is 165 Å². The molecular formula is C41H32Cl2N4O4S2. The van der Waals surface area contributed by atoms with Gasteiger partial charge in [0.05, 0.1) is 22.3 Å². The fourth-order valence-corrected chi connectivity index (χ4v) is 7.30. The van der Waals surface area contributed by atoms with E-state index in [1.165, 1.54) is 29.2 Å². The Morgan fingerprint density at radius 3 is 2.30 bits per heavy atom. The third-order valence-corrected chi connectivity index (χ3v) is 10.5. The maximum absolute atomic E-state index is 13.9. The van der Waals surface area contributed by atoms with E-state index in [2.05, 4.69) is 20.9 Å². The predicted molar refractivity (Wildman–Crippen MR) is 216 cm³/mol. The van der Waals surface area contributed by atoms with E-state index in [1.807, 2.05) is 73.0 Å². The van der Waals surface area contributed by atoms with Crippen LogP contribution < -0.4 is 20.7 Å². The van der Waals surface area contributed by atoms with Gasteiger partial charge in [-0.1, -0.05) is 89.9 Å². The molecular weight excluding hydrogens is 748 g/mol. The molecule has 0 radical (unpaired) electrons. The molecule has 53 heavy (non-hydrogen) atoms. The summed E-state index contributed by atoms with van der Waals surface area (Å²) in [6.45, 7) is 2.52. The third kappa shape index (κ3) is 9.94. The number of aromatic nitrogens is 1. The lowest BCUT2D eigenvalue weighted by molar-refractivity contribution is -0.116. The lowest BCUT2D eigenvalue weighted by Gasteiger charge is -2.17. The number of carbonyl (C=O) groups is 3. The summed E-state index contributed by atoms with van der Waals surface area (Å²) in [6.07, 6.45) is 1.47. The lowest BCUT2D eigenvalue weighted by Crippen LogP contribution is -2.30. The van der Waals surface area contributed by atoms with Crippen LogP contribution in [0.1, 0.15) is 33.7 Å². The Morgan fingerprint density at radius 2 is 1.57 bits per heavy atom. The zero-order valence-electron chi connectivity index (χ0n) is 28.2. The van der Waals surface area contributed by atoms with Crippen molar-refractivity contribution in [2.24, 2.45) is 0 Å². The summed E-state index contributed by atoms with van der Waals surface area (Å²) in [5, 5.41) is 10.8. The summed E-state index contributed by atoms with van der Waals surface area (Å²) in [5.74, 6) is -0.536. The van der Waals surface area contributed by atoms with E-state index in [0.29, 0.717) is 33.6 Å². The molecule has 0 fully saturated rings. The van der Waals surface area contributed by atoms with Crippen molar-refractivity contribution in [2.45, 2.75) is 17.1 Å². The molecule has 0 saturated carbocycles. The average Bonchev–Trinajstić information content (AvgIpc) is 3.65. The molecule has 266 valence electrons. The molecule has 3 N–H and O–H groups in total. The van der Waals surface area contributed by atoms with E-state index in [1.54, 1.807) is 66.7 Å². The van der Waals surface area contributed by atoms with Gasteiger partial charge in [-0.2, -0.15) is 0 Å². The summed E-state index contributed by atoms with van der Waals surface area (Å²) in [5.41, 5.74) is 3.67. The van der Waals surface area contributed by atoms with Crippen molar-refractivity contribution in [1.29, 1.82) is 0 Å². The molecule has 0 saturated heterocycles. The molecule has 5 aromatic carbocycles. The lowest BCUT2D eigenvalue weighted by atomic mass is 10.1. The Morgan fingerprint density at radius 1 is 0.849 bits per heavy atom. The highest BCUT2D eigenvalue weighted by Crippen LogP contribution is 2.38. The molecule has 1 unspecified atom stereocenters. The summed E-state index contributed by atoms with van der Waals surface area (Å²) in [4.78, 5) is 46.1. The van der Waals surface area contributed by atoms with Crippen LogP contribution in [0.15, 0.2) is 143 Å². The fraction of sp³-hybridized carbons (Fsp3) is 0.0732. The van der Waals surface area contributed by atoms with E-state index < -0.39 is 17.1 Å². The number of hydrogen-bond acceptors (Lipinski definition) is 7. The Bertz CT molecular complexity index is 2250. The number of thioether (sulfide) groups is 1. The zero-order chi connectivity index (χ0) is 37.2. The first-order valence-corrected chi connectivity index (χ1v) is 18.9. The normalized spacial score (nSPS) is 11.7. The topological polar surface area (TPSA) is 109 Å². The van der Waals surface area contributed by atoms with Gasteiger partial charge in [0.25, 0.3) is 11.8 Å². The number of halogens is 2. The molecule has 0 aliphatic carbocycles. The molecule has 1 atom stereocenters. The molecule has 0 bridgehead atoms. The number of hydrogen-bond donors (Lipinski definition) is 3. The van der Waals surface area contributed by atoms with E-state index in [9.17, 15) is 14.4 Å². The van der Waals surface area contributed by atoms with Gasteiger partial charge >= 0.3 is 0 Å². The van der Waals surface area contributed by atoms with Crippen LogP contribution in [-0.2, 0) is 9.59 Å². The van der Waals surface area contributed by atoms with Crippen molar-refractivity contribution >= 4 is 80.9 Å². The maximum atomic E-state index is 13.9. The molecule has 0 aliphatic rings. The molecule has 0 spiro atoms. The number of carbonyl (C=O) groups excluding carboxylic acids is 3. The first-order valence-electron chi connectivity index (χ1n) is 16.4. The number of nitrogens with zero attached hydrogens (tertiary/aromatic N) is 1. The molecule has 6 aromatic rings. The van der Waals surface area contributed by atoms with Gasteiger partial charge in [0.1, 0.15) is 16.7 Å². The third-order valence-electron chi connectivity index (χ3n) is 7.69. The van der Waals surface area contributed by atoms with Crippen LogP contribution in [0.5, 0.6) is 5.75 Å². The van der Waals surface area contributed by atoms with Gasteiger partial charge in [-0.3, -0.25) is 14.4 Å². The van der Waals surface area contributed by atoms with Crippen LogP contribution in [0, 0.1) is 0 Å².